The van der Waals surface area contributed by atoms with Crippen molar-refractivity contribution in [3.05, 3.63) is 40.4 Å². The highest BCUT2D eigenvalue weighted by Crippen LogP contribution is 2.16. The van der Waals surface area contributed by atoms with Crippen LogP contribution >= 0.6 is 12.2 Å². The number of aryl methyl sites for hydroxylation is 1. The van der Waals surface area contributed by atoms with E-state index in [0.717, 1.165) is 44.1 Å². The van der Waals surface area contributed by atoms with Gasteiger partial charge in [0.1, 0.15) is 0 Å². The number of morpholine rings is 1. The topological polar surface area (TPSA) is 58.4 Å². The van der Waals surface area contributed by atoms with Crippen molar-refractivity contribution in [2.45, 2.75) is 13.3 Å². The predicted octanol–water partition coefficient (Wildman–Crippen LogP) is 2.22. The zero-order valence-corrected chi connectivity index (χ0v) is 13.3. The first kappa shape index (κ1) is 14.9. The molecule has 2 aromatic rings. The normalized spacial score (nSPS) is 15.6. The second-order valence-electron chi connectivity index (χ2n) is 5.05. The number of benzene rings is 1. The minimum absolute atomic E-state index is 0.512. The molecule has 1 fully saturated rings. The molecular formula is C15H19N5OS. The van der Waals surface area contributed by atoms with Crippen LogP contribution in [-0.2, 0) is 11.2 Å². The van der Waals surface area contributed by atoms with Crippen molar-refractivity contribution in [2.24, 2.45) is 5.10 Å². The average molecular weight is 317 g/mol. The predicted molar refractivity (Wildman–Crippen MR) is 89.3 cm³/mol. The smallest absolute Gasteiger partial charge is 0.216 e. The van der Waals surface area contributed by atoms with E-state index in [9.17, 15) is 0 Å². The standard InChI is InChI=1S/C15H19N5OS/c1-2-14-17-18-15(22)20(14)16-11-12-3-5-13(6-4-12)19-7-9-21-10-8-19/h3-6,11H,2,7-10H2,1H3,(H,18,22)/b16-11+. The van der Waals surface area contributed by atoms with Gasteiger partial charge in [-0.3, -0.25) is 5.10 Å². The van der Waals surface area contributed by atoms with E-state index in [1.54, 1.807) is 10.9 Å². The molecule has 1 aromatic heterocycles. The molecule has 1 aliphatic rings. The Kier molecular flexibility index (Phi) is 4.65. The monoisotopic (exact) mass is 317 g/mol. The number of nitrogens with one attached hydrogen (secondary N) is 1. The van der Waals surface area contributed by atoms with Gasteiger partial charge in [0.2, 0.25) is 4.77 Å². The molecule has 7 heteroatoms. The lowest BCUT2D eigenvalue weighted by Crippen LogP contribution is -2.36. The van der Waals surface area contributed by atoms with Gasteiger partial charge >= 0.3 is 0 Å². The van der Waals surface area contributed by atoms with Gasteiger partial charge in [0.25, 0.3) is 0 Å². The van der Waals surface area contributed by atoms with Crippen LogP contribution in [0.15, 0.2) is 29.4 Å². The quantitative estimate of drug-likeness (QED) is 0.694. The van der Waals surface area contributed by atoms with E-state index < -0.39 is 0 Å². The average Bonchev–Trinajstić information content (AvgIpc) is 2.94. The van der Waals surface area contributed by atoms with E-state index in [2.05, 4.69) is 44.5 Å². The lowest BCUT2D eigenvalue weighted by Gasteiger charge is -2.28. The van der Waals surface area contributed by atoms with E-state index in [1.165, 1.54) is 5.69 Å². The molecule has 1 N–H and O–H groups in total. The summed E-state index contributed by atoms with van der Waals surface area (Å²) in [6.07, 6.45) is 2.58. The Morgan fingerprint density at radius 2 is 2.05 bits per heavy atom. The second-order valence-corrected chi connectivity index (χ2v) is 5.43. The molecule has 0 atom stereocenters. The van der Waals surface area contributed by atoms with Gasteiger partial charge in [-0.15, -0.1) is 0 Å². The van der Waals surface area contributed by atoms with Crippen molar-refractivity contribution < 1.29 is 4.74 Å². The van der Waals surface area contributed by atoms with Crippen molar-refractivity contribution in [3.8, 4) is 0 Å². The molecule has 116 valence electrons. The Morgan fingerprint density at radius 3 is 2.73 bits per heavy atom. The lowest BCUT2D eigenvalue weighted by atomic mass is 10.2. The molecule has 3 rings (SSSR count). The maximum Gasteiger partial charge on any atom is 0.216 e. The first-order chi connectivity index (χ1) is 10.8. The third-order valence-corrected chi connectivity index (χ3v) is 3.89. The van der Waals surface area contributed by atoms with Gasteiger partial charge in [-0.25, -0.2) is 0 Å². The number of ether oxygens (including phenoxy) is 1. The highest BCUT2D eigenvalue weighted by molar-refractivity contribution is 7.71. The first-order valence-corrected chi connectivity index (χ1v) is 7.82. The van der Waals surface area contributed by atoms with Gasteiger partial charge in [-0.1, -0.05) is 19.1 Å². The third kappa shape index (κ3) is 3.26. The summed E-state index contributed by atoms with van der Waals surface area (Å²) in [5.41, 5.74) is 2.25. The summed E-state index contributed by atoms with van der Waals surface area (Å²) < 4.78 is 7.54. The van der Waals surface area contributed by atoms with Crippen molar-refractivity contribution >= 4 is 24.1 Å². The number of aromatic amines is 1. The fraction of sp³-hybridized carbons (Fsp3) is 0.400. The molecule has 0 unspecified atom stereocenters. The van der Waals surface area contributed by atoms with Gasteiger partial charge in [-0.2, -0.15) is 14.9 Å². The van der Waals surface area contributed by atoms with Crippen LogP contribution in [0, 0.1) is 4.77 Å². The summed E-state index contributed by atoms with van der Waals surface area (Å²) in [5.74, 6) is 0.825. The Labute approximate surface area is 134 Å². The minimum atomic E-state index is 0.512. The summed E-state index contributed by atoms with van der Waals surface area (Å²) in [4.78, 5) is 2.33. The van der Waals surface area contributed by atoms with E-state index in [0.29, 0.717) is 4.77 Å². The molecule has 0 bridgehead atoms. The molecule has 0 saturated carbocycles. The zero-order chi connectivity index (χ0) is 15.4. The molecular weight excluding hydrogens is 298 g/mol. The minimum Gasteiger partial charge on any atom is -0.378 e. The summed E-state index contributed by atoms with van der Waals surface area (Å²) in [6.45, 7) is 5.49. The molecule has 0 aliphatic carbocycles. The Hall–Kier alpha value is -1.99. The van der Waals surface area contributed by atoms with Crippen molar-refractivity contribution in [2.75, 3.05) is 31.2 Å². The van der Waals surface area contributed by atoms with Crippen LogP contribution in [0.1, 0.15) is 18.3 Å². The van der Waals surface area contributed by atoms with Crippen molar-refractivity contribution in [3.63, 3.8) is 0 Å². The molecule has 6 nitrogen and oxygen atoms in total. The number of hydrogen-bond acceptors (Lipinski definition) is 5. The fourth-order valence-electron chi connectivity index (χ4n) is 2.39. The van der Waals surface area contributed by atoms with Gasteiger partial charge in [0.15, 0.2) is 5.82 Å². The molecule has 0 spiro atoms. The number of anilines is 1. The highest BCUT2D eigenvalue weighted by atomic mass is 32.1. The molecule has 0 amide bonds. The number of H-pyrrole nitrogens is 1. The Morgan fingerprint density at radius 1 is 1.32 bits per heavy atom. The van der Waals surface area contributed by atoms with Crippen LogP contribution in [0.2, 0.25) is 0 Å². The Bertz CT molecular complexity index is 697. The fourth-order valence-corrected chi connectivity index (χ4v) is 2.59. The van der Waals surface area contributed by atoms with E-state index in [4.69, 9.17) is 17.0 Å². The lowest BCUT2D eigenvalue weighted by molar-refractivity contribution is 0.122. The van der Waals surface area contributed by atoms with Crippen LogP contribution in [0.4, 0.5) is 5.69 Å². The highest BCUT2D eigenvalue weighted by Gasteiger charge is 2.10. The SMILES string of the molecule is CCc1n[nH]c(=S)n1/N=C/c1ccc(N2CCOCC2)cc1. The zero-order valence-electron chi connectivity index (χ0n) is 12.5. The number of rotatable bonds is 4. The van der Waals surface area contributed by atoms with Crippen LogP contribution in [0.5, 0.6) is 0 Å². The van der Waals surface area contributed by atoms with Crippen LogP contribution in [-0.4, -0.2) is 47.4 Å². The maximum atomic E-state index is 5.37. The van der Waals surface area contributed by atoms with E-state index in [-0.39, 0.29) is 0 Å². The van der Waals surface area contributed by atoms with Gasteiger partial charge in [-0.05, 0) is 29.9 Å². The summed E-state index contributed by atoms with van der Waals surface area (Å²) >= 11 is 5.17. The maximum absolute atomic E-state index is 5.37. The van der Waals surface area contributed by atoms with Crippen LogP contribution in [0.25, 0.3) is 0 Å². The van der Waals surface area contributed by atoms with Crippen LogP contribution < -0.4 is 4.90 Å². The van der Waals surface area contributed by atoms with Crippen LogP contribution in [0.3, 0.4) is 0 Å². The number of hydrogen-bond donors (Lipinski definition) is 1. The summed E-state index contributed by atoms with van der Waals surface area (Å²) in [5, 5.41) is 11.3. The molecule has 1 aromatic carbocycles. The van der Waals surface area contributed by atoms with E-state index in [1.807, 2.05) is 6.92 Å². The summed E-state index contributed by atoms with van der Waals surface area (Å²) in [7, 11) is 0. The Balaban J connectivity index is 1.74. The van der Waals surface area contributed by atoms with Crippen molar-refractivity contribution in [1.29, 1.82) is 0 Å². The largest absolute Gasteiger partial charge is 0.378 e. The molecule has 22 heavy (non-hydrogen) atoms. The second kappa shape index (κ2) is 6.85. The molecule has 0 radical (unpaired) electrons. The number of aromatic nitrogens is 3. The van der Waals surface area contributed by atoms with Gasteiger partial charge in [0, 0.05) is 25.2 Å². The van der Waals surface area contributed by atoms with E-state index >= 15 is 0 Å². The molecule has 2 heterocycles. The molecule has 1 aliphatic heterocycles. The third-order valence-electron chi connectivity index (χ3n) is 3.63. The molecule has 1 saturated heterocycles. The van der Waals surface area contributed by atoms with Gasteiger partial charge < -0.3 is 9.64 Å². The van der Waals surface area contributed by atoms with Crippen molar-refractivity contribution in [1.82, 2.24) is 14.9 Å². The van der Waals surface area contributed by atoms with Gasteiger partial charge in [0.05, 0.1) is 19.4 Å². The summed E-state index contributed by atoms with van der Waals surface area (Å²) in [6, 6.07) is 8.34. The first-order valence-electron chi connectivity index (χ1n) is 7.41. The number of nitrogens with zero attached hydrogens (tertiary/aromatic N) is 4.